The molecule has 2 heterocycles. The number of hydrogen-bond acceptors (Lipinski definition) is 8. The first-order valence-electron chi connectivity index (χ1n) is 11.0. The SMILES string of the molecule is O=C1[C@@H]2[C@H](C(=O)N1N=Cc1cc(Cl)cc([N+](=O)[O-])c1OCc1ccc3c(c1)OCO3)[C@H]1C=C[C@H]2C1. The van der Waals surface area contributed by atoms with Gasteiger partial charge in [0.1, 0.15) is 6.61 Å². The number of nitro groups is 1. The summed E-state index contributed by atoms with van der Waals surface area (Å²) in [5, 5.41) is 16.8. The number of hydrazone groups is 1. The summed E-state index contributed by atoms with van der Waals surface area (Å²) in [7, 11) is 0. The summed E-state index contributed by atoms with van der Waals surface area (Å²) in [6, 6.07) is 7.81. The van der Waals surface area contributed by atoms with Crippen LogP contribution in [0, 0.1) is 33.8 Å². The summed E-state index contributed by atoms with van der Waals surface area (Å²) in [6.45, 7) is 0.108. The first kappa shape index (κ1) is 21.6. The Morgan fingerprint density at radius 3 is 2.54 bits per heavy atom. The standard InChI is InChI=1S/C24H18ClN3O7/c25-16-7-15(9-26-27-23(29)20-13-2-3-14(6-13)21(20)24(27)30)22(17(8-16)28(31)32)33-10-12-1-4-18-19(5-12)35-11-34-18/h1-5,7-9,13-14,20-21H,6,10-11H2/t13-,14-,20-,21+/m0/s1. The summed E-state index contributed by atoms with van der Waals surface area (Å²) in [5.41, 5.74) is 0.503. The van der Waals surface area contributed by atoms with Crippen molar-refractivity contribution in [3.8, 4) is 17.2 Å². The van der Waals surface area contributed by atoms with Gasteiger partial charge in [0.25, 0.3) is 11.8 Å². The minimum atomic E-state index is -0.613. The van der Waals surface area contributed by atoms with Crippen molar-refractivity contribution in [3.63, 3.8) is 0 Å². The molecular weight excluding hydrogens is 478 g/mol. The molecule has 4 atom stereocenters. The third-order valence-corrected chi connectivity index (χ3v) is 7.06. The third-order valence-electron chi connectivity index (χ3n) is 6.84. The van der Waals surface area contributed by atoms with Crippen LogP contribution in [0.4, 0.5) is 5.69 Å². The van der Waals surface area contributed by atoms with Crippen molar-refractivity contribution in [2.75, 3.05) is 6.79 Å². The van der Waals surface area contributed by atoms with E-state index in [9.17, 15) is 19.7 Å². The van der Waals surface area contributed by atoms with Crippen molar-refractivity contribution in [3.05, 3.63) is 68.7 Å². The van der Waals surface area contributed by atoms with Gasteiger partial charge in [0, 0.05) is 16.7 Å². The Morgan fingerprint density at radius 1 is 1.11 bits per heavy atom. The molecule has 2 aliphatic heterocycles. The van der Waals surface area contributed by atoms with Crippen molar-refractivity contribution >= 4 is 35.3 Å². The Bertz CT molecular complexity index is 1310. The number of nitrogens with zero attached hydrogens (tertiary/aromatic N) is 3. The lowest BCUT2D eigenvalue weighted by molar-refractivity contribution is -0.385. The van der Waals surface area contributed by atoms with E-state index in [2.05, 4.69) is 5.10 Å². The molecule has 2 bridgehead atoms. The highest BCUT2D eigenvalue weighted by Gasteiger charge is 2.59. The maximum atomic E-state index is 12.9. The summed E-state index contributed by atoms with van der Waals surface area (Å²) in [4.78, 5) is 36.9. The molecule has 2 aromatic carbocycles. The first-order chi connectivity index (χ1) is 16.9. The van der Waals surface area contributed by atoms with Gasteiger partial charge in [-0.2, -0.15) is 10.1 Å². The number of imide groups is 1. The molecule has 178 valence electrons. The van der Waals surface area contributed by atoms with E-state index in [1.54, 1.807) is 18.2 Å². The van der Waals surface area contributed by atoms with E-state index in [4.69, 9.17) is 25.8 Å². The maximum Gasteiger partial charge on any atom is 0.313 e. The van der Waals surface area contributed by atoms with Gasteiger partial charge < -0.3 is 14.2 Å². The minimum Gasteiger partial charge on any atom is -0.481 e. The van der Waals surface area contributed by atoms with Crippen LogP contribution >= 0.6 is 11.6 Å². The van der Waals surface area contributed by atoms with Crippen LogP contribution in [0.25, 0.3) is 0 Å². The third kappa shape index (κ3) is 3.52. The minimum absolute atomic E-state index is 0.0132. The second kappa shape index (κ2) is 8.09. The van der Waals surface area contributed by atoms with Gasteiger partial charge >= 0.3 is 5.69 Å². The fourth-order valence-electron chi connectivity index (χ4n) is 5.30. The Hall–Kier alpha value is -3.92. The topological polar surface area (TPSA) is 121 Å². The van der Waals surface area contributed by atoms with Gasteiger partial charge in [0.2, 0.25) is 12.5 Å². The zero-order chi connectivity index (χ0) is 24.3. The van der Waals surface area contributed by atoms with Gasteiger partial charge in [0.15, 0.2) is 11.5 Å². The van der Waals surface area contributed by atoms with Crippen LogP contribution in [0.1, 0.15) is 17.5 Å². The smallest absolute Gasteiger partial charge is 0.313 e. The number of rotatable bonds is 6. The highest BCUT2D eigenvalue weighted by Crippen LogP contribution is 2.52. The molecule has 6 rings (SSSR count). The molecule has 1 saturated heterocycles. The molecule has 0 aromatic heterocycles. The number of amides is 2. The first-order valence-corrected chi connectivity index (χ1v) is 11.4. The van der Waals surface area contributed by atoms with Crippen molar-refractivity contribution < 1.29 is 28.7 Å². The van der Waals surface area contributed by atoms with Crippen LogP contribution in [0.15, 0.2) is 47.6 Å². The molecule has 2 aliphatic carbocycles. The Balaban J connectivity index is 1.29. The Morgan fingerprint density at radius 2 is 1.83 bits per heavy atom. The van der Waals surface area contributed by atoms with Gasteiger partial charge in [-0.15, -0.1) is 0 Å². The van der Waals surface area contributed by atoms with E-state index in [-0.39, 0.29) is 59.1 Å². The van der Waals surface area contributed by atoms with Crippen LogP contribution in [0.2, 0.25) is 5.02 Å². The maximum absolute atomic E-state index is 12.9. The van der Waals surface area contributed by atoms with E-state index in [1.807, 2.05) is 12.2 Å². The lowest BCUT2D eigenvalue weighted by atomic mass is 9.85. The van der Waals surface area contributed by atoms with Crippen molar-refractivity contribution in [1.82, 2.24) is 5.01 Å². The second-order valence-corrected chi connectivity index (χ2v) is 9.25. The number of ether oxygens (including phenoxy) is 3. The number of nitro benzene ring substituents is 1. The predicted molar refractivity (Wildman–Crippen MR) is 122 cm³/mol. The number of allylic oxidation sites excluding steroid dienone is 2. The molecule has 0 spiro atoms. The van der Waals surface area contributed by atoms with Crippen molar-refractivity contribution in [1.29, 1.82) is 0 Å². The number of carbonyl (C=O) groups excluding carboxylic acids is 2. The molecule has 2 amide bonds. The highest BCUT2D eigenvalue weighted by atomic mass is 35.5. The molecule has 11 heteroatoms. The van der Waals surface area contributed by atoms with Crippen LogP contribution in [-0.2, 0) is 16.2 Å². The molecular formula is C24H18ClN3O7. The molecule has 1 saturated carbocycles. The Labute approximate surface area is 203 Å². The van der Waals surface area contributed by atoms with Gasteiger partial charge in [-0.25, -0.2) is 0 Å². The van der Waals surface area contributed by atoms with Gasteiger partial charge in [-0.3, -0.25) is 19.7 Å². The number of fused-ring (bicyclic) bond motifs is 6. The van der Waals surface area contributed by atoms with Crippen molar-refractivity contribution in [2.45, 2.75) is 13.0 Å². The quantitative estimate of drug-likeness (QED) is 0.197. The van der Waals surface area contributed by atoms with Crippen LogP contribution in [0.5, 0.6) is 17.2 Å². The van der Waals surface area contributed by atoms with E-state index >= 15 is 0 Å². The van der Waals surface area contributed by atoms with Crippen LogP contribution in [-0.4, -0.2) is 34.8 Å². The van der Waals surface area contributed by atoms with E-state index in [0.717, 1.165) is 11.4 Å². The average Bonchev–Trinajstić information content (AvgIpc) is 3.61. The zero-order valence-electron chi connectivity index (χ0n) is 18.1. The molecule has 2 aromatic rings. The van der Waals surface area contributed by atoms with Crippen molar-refractivity contribution in [2.24, 2.45) is 28.8 Å². The molecule has 0 unspecified atom stereocenters. The number of halogens is 1. The summed E-state index contributed by atoms with van der Waals surface area (Å²) < 4.78 is 16.5. The zero-order valence-corrected chi connectivity index (χ0v) is 18.9. The normalized spacial score (nSPS) is 25.7. The number of hydrogen-bond donors (Lipinski definition) is 0. The molecule has 0 N–H and O–H groups in total. The van der Waals surface area contributed by atoms with Crippen LogP contribution in [0.3, 0.4) is 0 Å². The molecule has 2 fully saturated rings. The van der Waals surface area contributed by atoms with E-state index in [0.29, 0.717) is 17.1 Å². The summed E-state index contributed by atoms with van der Waals surface area (Å²) >= 11 is 6.12. The highest BCUT2D eigenvalue weighted by molar-refractivity contribution is 6.31. The molecule has 0 radical (unpaired) electrons. The molecule has 35 heavy (non-hydrogen) atoms. The fraction of sp³-hybridized carbons (Fsp3) is 0.292. The van der Waals surface area contributed by atoms with Gasteiger partial charge in [0.05, 0.1) is 23.0 Å². The lowest BCUT2D eigenvalue weighted by Crippen LogP contribution is -2.28. The van der Waals surface area contributed by atoms with Gasteiger partial charge in [-0.05, 0) is 42.0 Å². The number of carbonyl (C=O) groups is 2. The second-order valence-electron chi connectivity index (χ2n) is 8.81. The summed E-state index contributed by atoms with van der Waals surface area (Å²) in [6.07, 6.45) is 6.00. The predicted octanol–water partition coefficient (Wildman–Crippen LogP) is 3.70. The van der Waals surface area contributed by atoms with Gasteiger partial charge in [-0.1, -0.05) is 29.8 Å². The Kier molecular flexibility index (Phi) is 4.99. The van der Waals surface area contributed by atoms with E-state index < -0.39 is 16.8 Å². The monoisotopic (exact) mass is 495 g/mol. The number of benzene rings is 2. The fourth-order valence-corrected chi connectivity index (χ4v) is 5.52. The lowest BCUT2D eigenvalue weighted by Gasteiger charge is -2.13. The van der Waals surface area contributed by atoms with E-state index in [1.165, 1.54) is 18.3 Å². The largest absolute Gasteiger partial charge is 0.481 e. The van der Waals surface area contributed by atoms with Crippen LogP contribution < -0.4 is 14.2 Å². The molecule has 4 aliphatic rings. The summed E-state index contributed by atoms with van der Waals surface area (Å²) in [5.74, 6) is -0.327. The average molecular weight is 496 g/mol. The molecule has 10 nitrogen and oxygen atoms in total.